The van der Waals surface area contributed by atoms with Gasteiger partial charge in [-0.2, -0.15) is 0 Å². The summed E-state index contributed by atoms with van der Waals surface area (Å²) in [5.74, 6) is -0.289. The molecule has 3 rings (SSSR count). The van der Waals surface area contributed by atoms with Crippen LogP contribution in [0.2, 0.25) is 0 Å². The number of hydrogen-bond donors (Lipinski definition) is 1. The summed E-state index contributed by atoms with van der Waals surface area (Å²) in [7, 11) is 0. The molecule has 0 unspecified atom stereocenters. The first-order valence-corrected chi connectivity index (χ1v) is 11.4. The average Bonchev–Trinajstić information content (AvgIpc) is 2.84. The van der Waals surface area contributed by atoms with Crippen LogP contribution >= 0.6 is 0 Å². The Morgan fingerprint density at radius 2 is 1.65 bits per heavy atom. The van der Waals surface area contributed by atoms with Crippen LogP contribution in [-0.4, -0.2) is 35.9 Å². The predicted octanol–water partition coefficient (Wildman–Crippen LogP) is 4.60. The van der Waals surface area contributed by atoms with Crippen molar-refractivity contribution in [2.45, 2.75) is 39.8 Å². The lowest BCUT2D eigenvalue weighted by Gasteiger charge is -2.31. The number of nitrogens with zero attached hydrogens (tertiary/aromatic N) is 1. The molecule has 34 heavy (non-hydrogen) atoms. The molecule has 0 bridgehead atoms. The molecule has 0 aliphatic heterocycles. The van der Waals surface area contributed by atoms with Crippen LogP contribution in [0.5, 0.6) is 5.75 Å². The molecular formula is C28H31FN2O3. The Morgan fingerprint density at radius 1 is 0.941 bits per heavy atom. The standard InChI is InChI=1S/C28H31FN2O3/c1-4-30-28(33)25(17-22-10-6-5-7-11-22)31(18-23-13-15-24(29)16-14-23)27(32)19-34-26-12-8-9-20(2)21(26)3/h5-16,25H,4,17-19H2,1-3H3,(H,30,33)/t25-/m0/s1. The zero-order valence-electron chi connectivity index (χ0n) is 19.9. The number of benzene rings is 3. The van der Waals surface area contributed by atoms with Gasteiger partial charge in [-0.15, -0.1) is 0 Å². The molecule has 5 nitrogen and oxygen atoms in total. The number of halogens is 1. The lowest BCUT2D eigenvalue weighted by atomic mass is 10.0. The summed E-state index contributed by atoms with van der Waals surface area (Å²) in [6.45, 7) is 6.16. The van der Waals surface area contributed by atoms with E-state index in [1.165, 1.54) is 17.0 Å². The largest absolute Gasteiger partial charge is 0.483 e. The van der Waals surface area contributed by atoms with Gasteiger partial charge >= 0.3 is 0 Å². The molecule has 0 saturated carbocycles. The highest BCUT2D eigenvalue weighted by Gasteiger charge is 2.30. The van der Waals surface area contributed by atoms with Crippen molar-refractivity contribution in [1.82, 2.24) is 10.2 Å². The van der Waals surface area contributed by atoms with Crippen molar-refractivity contribution in [3.05, 3.63) is 101 Å². The molecule has 0 heterocycles. The number of carbonyl (C=O) groups excluding carboxylic acids is 2. The zero-order chi connectivity index (χ0) is 24.5. The molecule has 1 N–H and O–H groups in total. The van der Waals surface area contributed by atoms with Gasteiger partial charge in [-0.25, -0.2) is 4.39 Å². The van der Waals surface area contributed by atoms with Gasteiger partial charge in [-0.1, -0.05) is 54.6 Å². The monoisotopic (exact) mass is 462 g/mol. The summed E-state index contributed by atoms with van der Waals surface area (Å²) in [6.07, 6.45) is 0.350. The van der Waals surface area contributed by atoms with Crippen LogP contribution in [0.1, 0.15) is 29.2 Å². The zero-order valence-corrected chi connectivity index (χ0v) is 19.9. The number of hydrogen-bond acceptors (Lipinski definition) is 3. The van der Waals surface area contributed by atoms with Crippen LogP contribution in [-0.2, 0) is 22.6 Å². The van der Waals surface area contributed by atoms with Crippen molar-refractivity contribution in [3.8, 4) is 5.75 Å². The minimum Gasteiger partial charge on any atom is -0.483 e. The van der Waals surface area contributed by atoms with E-state index in [0.29, 0.717) is 18.7 Å². The Hall–Kier alpha value is -3.67. The minimum absolute atomic E-state index is 0.157. The molecule has 0 fully saturated rings. The van der Waals surface area contributed by atoms with Crippen molar-refractivity contribution in [3.63, 3.8) is 0 Å². The first-order chi connectivity index (χ1) is 16.4. The summed E-state index contributed by atoms with van der Waals surface area (Å²) < 4.78 is 19.3. The van der Waals surface area contributed by atoms with E-state index in [-0.39, 0.29) is 30.8 Å². The Bertz CT molecular complexity index is 1100. The molecule has 1 atom stereocenters. The molecule has 0 aliphatic carbocycles. The van der Waals surface area contributed by atoms with E-state index in [1.807, 2.05) is 69.3 Å². The van der Waals surface area contributed by atoms with Gasteiger partial charge in [0, 0.05) is 19.5 Å². The number of nitrogens with one attached hydrogen (secondary N) is 1. The van der Waals surface area contributed by atoms with E-state index >= 15 is 0 Å². The molecule has 6 heteroatoms. The van der Waals surface area contributed by atoms with E-state index in [4.69, 9.17) is 4.74 Å². The Kier molecular flexibility index (Phi) is 8.79. The highest BCUT2D eigenvalue weighted by atomic mass is 19.1. The number of likely N-dealkylation sites (N-methyl/N-ethyl adjacent to an activating group) is 1. The van der Waals surface area contributed by atoms with Crippen molar-refractivity contribution >= 4 is 11.8 Å². The number of amides is 2. The predicted molar refractivity (Wildman–Crippen MR) is 131 cm³/mol. The Labute approximate surface area is 200 Å². The first-order valence-electron chi connectivity index (χ1n) is 11.4. The van der Waals surface area contributed by atoms with Crippen LogP contribution < -0.4 is 10.1 Å². The van der Waals surface area contributed by atoms with E-state index in [0.717, 1.165) is 22.3 Å². The normalized spacial score (nSPS) is 11.5. The van der Waals surface area contributed by atoms with Gasteiger partial charge in [0.05, 0.1) is 0 Å². The molecule has 0 aromatic heterocycles. The number of aryl methyl sites for hydroxylation is 1. The fourth-order valence-corrected chi connectivity index (χ4v) is 3.74. The van der Waals surface area contributed by atoms with Gasteiger partial charge in [-0.05, 0) is 61.2 Å². The smallest absolute Gasteiger partial charge is 0.261 e. The highest BCUT2D eigenvalue weighted by molar-refractivity contribution is 5.88. The van der Waals surface area contributed by atoms with Crippen molar-refractivity contribution in [2.75, 3.05) is 13.2 Å². The van der Waals surface area contributed by atoms with Crippen LogP contribution in [0.3, 0.4) is 0 Å². The fraction of sp³-hybridized carbons (Fsp3) is 0.286. The molecule has 178 valence electrons. The lowest BCUT2D eigenvalue weighted by Crippen LogP contribution is -2.51. The number of rotatable bonds is 10. The van der Waals surface area contributed by atoms with Crippen LogP contribution in [0, 0.1) is 19.7 Å². The maximum Gasteiger partial charge on any atom is 0.261 e. The topological polar surface area (TPSA) is 58.6 Å². The summed E-state index contributed by atoms with van der Waals surface area (Å²) in [4.78, 5) is 28.1. The fourth-order valence-electron chi connectivity index (χ4n) is 3.74. The molecule has 0 radical (unpaired) electrons. The number of carbonyl (C=O) groups is 2. The second-order valence-corrected chi connectivity index (χ2v) is 8.23. The molecule has 0 aliphatic rings. The van der Waals surface area contributed by atoms with Gasteiger partial charge < -0.3 is 15.0 Å². The van der Waals surface area contributed by atoms with Gasteiger partial charge in [0.2, 0.25) is 5.91 Å². The third kappa shape index (κ3) is 6.67. The summed E-state index contributed by atoms with van der Waals surface area (Å²) in [6, 6.07) is 20.5. The SMILES string of the molecule is CCNC(=O)[C@H](Cc1ccccc1)N(Cc1ccc(F)cc1)C(=O)COc1cccc(C)c1C. The summed E-state index contributed by atoms with van der Waals surface area (Å²) in [5.41, 5.74) is 3.69. The number of ether oxygens (including phenoxy) is 1. The van der Waals surface area contributed by atoms with E-state index < -0.39 is 6.04 Å². The van der Waals surface area contributed by atoms with Gasteiger partial charge in [-0.3, -0.25) is 9.59 Å². The maximum atomic E-state index is 13.5. The third-order valence-electron chi connectivity index (χ3n) is 5.79. The molecular weight excluding hydrogens is 431 g/mol. The summed E-state index contributed by atoms with van der Waals surface area (Å²) in [5, 5.41) is 2.85. The molecule has 3 aromatic rings. The second-order valence-electron chi connectivity index (χ2n) is 8.23. The maximum absolute atomic E-state index is 13.5. The van der Waals surface area contributed by atoms with E-state index in [2.05, 4.69) is 5.32 Å². The van der Waals surface area contributed by atoms with Gasteiger partial charge in [0.15, 0.2) is 6.61 Å². The molecule has 0 saturated heterocycles. The molecule has 2 amide bonds. The minimum atomic E-state index is -0.748. The Morgan fingerprint density at radius 3 is 2.32 bits per heavy atom. The average molecular weight is 463 g/mol. The third-order valence-corrected chi connectivity index (χ3v) is 5.79. The van der Waals surface area contributed by atoms with Crippen LogP contribution in [0.25, 0.3) is 0 Å². The first kappa shape index (κ1) is 25.0. The Balaban J connectivity index is 1.90. The summed E-state index contributed by atoms with van der Waals surface area (Å²) >= 11 is 0. The highest BCUT2D eigenvalue weighted by Crippen LogP contribution is 2.21. The van der Waals surface area contributed by atoms with Crippen molar-refractivity contribution in [2.24, 2.45) is 0 Å². The molecule has 3 aromatic carbocycles. The van der Waals surface area contributed by atoms with E-state index in [9.17, 15) is 14.0 Å². The van der Waals surface area contributed by atoms with Crippen molar-refractivity contribution < 1.29 is 18.7 Å². The van der Waals surface area contributed by atoms with Crippen LogP contribution in [0.4, 0.5) is 4.39 Å². The molecule has 0 spiro atoms. The second kappa shape index (κ2) is 12.0. The van der Waals surface area contributed by atoms with E-state index in [1.54, 1.807) is 12.1 Å². The lowest BCUT2D eigenvalue weighted by molar-refractivity contribution is -0.142. The van der Waals surface area contributed by atoms with Crippen LogP contribution in [0.15, 0.2) is 72.8 Å². The van der Waals surface area contributed by atoms with Gasteiger partial charge in [0.1, 0.15) is 17.6 Å². The van der Waals surface area contributed by atoms with Gasteiger partial charge in [0.25, 0.3) is 5.91 Å². The van der Waals surface area contributed by atoms with Crippen molar-refractivity contribution in [1.29, 1.82) is 0 Å². The quantitative estimate of drug-likeness (QED) is 0.479.